The minimum Gasteiger partial charge on any atom is -0.454 e. The van der Waals surface area contributed by atoms with E-state index in [-0.39, 0.29) is 12.5 Å². The van der Waals surface area contributed by atoms with Crippen molar-refractivity contribution in [2.45, 2.75) is 31.3 Å². The van der Waals surface area contributed by atoms with E-state index >= 15 is 0 Å². The lowest BCUT2D eigenvalue weighted by molar-refractivity contribution is -0.152. The maximum absolute atomic E-state index is 10.9. The fourth-order valence-electron chi connectivity index (χ4n) is 1.59. The highest BCUT2D eigenvalue weighted by Crippen LogP contribution is 2.33. The van der Waals surface area contributed by atoms with Crippen LogP contribution in [0.3, 0.4) is 0 Å². The first-order valence-corrected chi connectivity index (χ1v) is 4.28. The molecule has 0 amide bonds. The lowest BCUT2D eigenvalue weighted by Gasteiger charge is -2.24. The molecule has 0 aromatic rings. The number of carbonyl (C=O) groups is 1. The van der Waals surface area contributed by atoms with Crippen molar-refractivity contribution in [3.63, 3.8) is 0 Å². The quantitative estimate of drug-likeness (QED) is 0.506. The van der Waals surface area contributed by atoms with Crippen molar-refractivity contribution in [1.82, 2.24) is 0 Å². The van der Waals surface area contributed by atoms with E-state index in [1.54, 1.807) is 6.08 Å². The largest absolute Gasteiger partial charge is 0.454 e. The molecule has 0 spiro atoms. The molecule has 1 aliphatic carbocycles. The Bertz CT molecular complexity index is 183. The van der Waals surface area contributed by atoms with E-state index in [0.717, 1.165) is 25.7 Å². The van der Waals surface area contributed by atoms with E-state index in [1.165, 1.54) is 0 Å². The van der Waals surface area contributed by atoms with Crippen LogP contribution in [0.15, 0.2) is 12.7 Å². The smallest absolute Gasteiger partial charge is 0.320 e. The van der Waals surface area contributed by atoms with Crippen molar-refractivity contribution in [3.8, 4) is 0 Å². The molecule has 0 bridgehead atoms. The van der Waals surface area contributed by atoms with Gasteiger partial charge in [0.2, 0.25) is 0 Å². The summed E-state index contributed by atoms with van der Waals surface area (Å²) in [4.78, 5) is 10.9. The third-order valence-electron chi connectivity index (χ3n) is 2.31. The molecule has 0 aliphatic heterocycles. The average Bonchev–Trinajstić information content (AvgIpc) is 2.54. The molecule has 3 nitrogen and oxygen atoms in total. The van der Waals surface area contributed by atoms with Gasteiger partial charge in [-0.1, -0.05) is 6.58 Å². The van der Waals surface area contributed by atoms with Gasteiger partial charge in [-0.15, -0.1) is 0 Å². The van der Waals surface area contributed by atoms with E-state index in [4.69, 9.17) is 10.5 Å². The Balaban J connectivity index is 2.55. The number of nitrogens with two attached hydrogens (primary N) is 1. The summed E-state index contributed by atoms with van der Waals surface area (Å²) < 4.78 is 5.22. The monoisotopic (exact) mass is 169 g/mol. The average molecular weight is 169 g/mol. The van der Waals surface area contributed by atoms with Gasteiger partial charge in [0, 0.05) is 0 Å². The third kappa shape index (κ3) is 1.85. The van der Waals surface area contributed by atoms with Crippen molar-refractivity contribution in [3.05, 3.63) is 12.7 Å². The van der Waals surface area contributed by atoms with E-state index in [0.29, 0.717) is 0 Å². The summed E-state index contributed by atoms with van der Waals surface area (Å²) in [5, 5.41) is 0. The van der Waals surface area contributed by atoms with E-state index in [1.807, 2.05) is 0 Å². The zero-order valence-electron chi connectivity index (χ0n) is 7.21. The summed E-state index contributed by atoms with van der Waals surface area (Å²) in [5.41, 5.74) is 4.75. The Morgan fingerprint density at radius 3 is 2.58 bits per heavy atom. The first-order chi connectivity index (χ1) is 5.72. The van der Waals surface area contributed by atoms with Gasteiger partial charge in [-0.05, 0) is 31.8 Å². The second-order valence-electron chi connectivity index (χ2n) is 3.15. The summed E-state index contributed by atoms with van der Waals surface area (Å²) in [5.74, 6) is -0.336. The lowest BCUT2D eigenvalue weighted by atomic mass is 10.0. The summed E-state index contributed by atoms with van der Waals surface area (Å²) in [6.07, 6.45) is 5.71. The second kappa shape index (κ2) is 3.72. The van der Waals surface area contributed by atoms with Crippen LogP contribution in [0.2, 0.25) is 0 Å². The molecule has 1 fully saturated rings. The van der Waals surface area contributed by atoms with Gasteiger partial charge in [-0.3, -0.25) is 4.79 Å². The molecule has 0 saturated heterocycles. The molecule has 0 atom stereocenters. The fourth-order valence-corrected chi connectivity index (χ4v) is 1.59. The maximum atomic E-state index is 10.9. The summed E-state index contributed by atoms with van der Waals surface area (Å²) in [7, 11) is 0. The van der Waals surface area contributed by atoms with Crippen LogP contribution >= 0.6 is 0 Å². The van der Waals surface area contributed by atoms with Crippen LogP contribution in [0.25, 0.3) is 0 Å². The normalized spacial score (nSPS) is 20.4. The molecular formula is C9H15NO2. The van der Waals surface area contributed by atoms with E-state index < -0.39 is 5.60 Å². The molecule has 1 rings (SSSR count). The number of hydrogen-bond donors (Lipinski definition) is 1. The minimum atomic E-state index is -0.406. The second-order valence-corrected chi connectivity index (χ2v) is 3.15. The van der Waals surface area contributed by atoms with Gasteiger partial charge < -0.3 is 10.5 Å². The molecular weight excluding hydrogens is 154 g/mol. The fraction of sp³-hybridized carbons (Fsp3) is 0.667. The van der Waals surface area contributed by atoms with Gasteiger partial charge in [0.15, 0.2) is 0 Å². The number of hydrogen-bond acceptors (Lipinski definition) is 3. The topological polar surface area (TPSA) is 52.3 Å². The van der Waals surface area contributed by atoms with Crippen molar-refractivity contribution in [2.75, 3.05) is 6.54 Å². The molecule has 12 heavy (non-hydrogen) atoms. The molecule has 3 heteroatoms. The molecule has 1 aliphatic rings. The zero-order valence-corrected chi connectivity index (χ0v) is 7.21. The molecule has 0 radical (unpaired) electrons. The van der Waals surface area contributed by atoms with Crippen LogP contribution in [0.4, 0.5) is 0 Å². The highest BCUT2D eigenvalue weighted by molar-refractivity contribution is 5.72. The number of esters is 1. The summed E-state index contributed by atoms with van der Waals surface area (Å²) in [6, 6.07) is 0. The van der Waals surface area contributed by atoms with Crippen LogP contribution in [-0.4, -0.2) is 18.1 Å². The summed E-state index contributed by atoms with van der Waals surface area (Å²) in [6.45, 7) is 3.64. The standard InChI is InChI=1S/C9H15NO2/c1-2-9(5-3-4-6-9)12-8(11)7-10/h2H,1,3-7,10H2. The highest BCUT2D eigenvalue weighted by Gasteiger charge is 2.34. The van der Waals surface area contributed by atoms with Crippen LogP contribution in [0, 0.1) is 0 Å². The SMILES string of the molecule is C=CC1(OC(=O)CN)CCCC1. The zero-order chi connectivity index (χ0) is 9.03. The summed E-state index contributed by atoms with van der Waals surface area (Å²) >= 11 is 0. The Kier molecular flexibility index (Phi) is 2.87. The molecule has 0 aromatic heterocycles. The van der Waals surface area contributed by atoms with Gasteiger partial charge >= 0.3 is 5.97 Å². The van der Waals surface area contributed by atoms with Crippen LogP contribution in [-0.2, 0) is 9.53 Å². The maximum Gasteiger partial charge on any atom is 0.320 e. The third-order valence-corrected chi connectivity index (χ3v) is 2.31. The Hall–Kier alpha value is -0.830. The molecule has 2 N–H and O–H groups in total. The van der Waals surface area contributed by atoms with Crippen molar-refractivity contribution in [2.24, 2.45) is 5.73 Å². The molecule has 0 unspecified atom stereocenters. The van der Waals surface area contributed by atoms with Gasteiger partial charge in [-0.25, -0.2) is 0 Å². The minimum absolute atomic E-state index is 0.0460. The number of ether oxygens (including phenoxy) is 1. The molecule has 68 valence electrons. The van der Waals surface area contributed by atoms with Gasteiger partial charge in [0.1, 0.15) is 5.60 Å². The molecule has 0 aromatic carbocycles. The molecule has 0 heterocycles. The predicted molar refractivity (Wildman–Crippen MR) is 46.5 cm³/mol. The first kappa shape index (κ1) is 9.26. The van der Waals surface area contributed by atoms with Crippen LogP contribution in [0.1, 0.15) is 25.7 Å². The van der Waals surface area contributed by atoms with Crippen LogP contribution in [0.5, 0.6) is 0 Å². The lowest BCUT2D eigenvalue weighted by Crippen LogP contribution is -2.32. The van der Waals surface area contributed by atoms with Crippen molar-refractivity contribution >= 4 is 5.97 Å². The Labute approximate surface area is 72.6 Å². The molecule has 1 saturated carbocycles. The Morgan fingerprint density at radius 2 is 2.17 bits per heavy atom. The van der Waals surface area contributed by atoms with Gasteiger partial charge in [-0.2, -0.15) is 0 Å². The Morgan fingerprint density at radius 1 is 1.58 bits per heavy atom. The number of rotatable bonds is 3. The highest BCUT2D eigenvalue weighted by atomic mass is 16.6. The van der Waals surface area contributed by atoms with Crippen molar-refractivity contribution < 1.29 is 9.53 Å². The van der Waals surface area contributed by atoms with Gasteiger partial charge in [0.25, 0.3) is 0 Å². The number of carbonyl (C=O) groups excluding carboxylic acids is 1. The predicted octanol–water partition coefficient (Wildman–Crippen LogP) is 0.987. The van der Waals surface area contributed by atoms with E-state index in [9.17, 15) is 4.79 Å². The first-order valence-electron chi connectivity index (χ1n) is 4.28. The van der Waals surface area contributed by atoms with Crippen molar-refractivity contribution in [1.29, 1.82) is 0 Å². The van der Waals surface area contributed by atoms with Gasteiger partial charge in [0.05, 0.1) is 6.54 Å². The van der Waals surface area contributed by atoms with Crippen LogP contribution < -0.4 is 5.73 Å². The van der Waals surface area contributed by atoms with E-state index in [2.05, 4.69) is 6.58 Å².